The van der Waals surface area contributed by atoms with Crippen LogP contribution in [0.25, 0.3) is 11.4 Å². The number of benzene rings is 2. The number of para-hydroxylation sites is 1. The minimum Gasteiger partial charge on any atom is -0.354 e. The third kappa shape index (κ3) is 2.45. The molecule has 0 aliphatic heterocycles. The summed E-state index contributed by atoms with van der Waals surface area (Å²) in [5.41, 5.74) is 2.35. The van der Waals surface area contributed by atoms with Gasteiger partial charge in [0.1, 0.15) is 0 Å². The van der Waals surface area contributed by atoms with E-state index >= 15 is 0 Å². The predicted octanol–water partition coefficient (Wildman–Crippen LogP) is 3.92. The second-order valence-electron chi connectivity index (χ2n) is 4.01. The summed E-state index contributed by atoms with van der Waals surface area (Å²) in [5, 5.41) is 18.2. The molecule has 7 heteroatoms. The summed E-state index contributed by atoms with van der Waals surface area (Å²) in [6.45, 7) is 0. The average molecular weight is 306 g/mol. The smallest absolute Gasteiger partial charge is 0.206 e. The highest BCUT2D eigenvalue weighted by Gasteiger charge is 2.11. The number of tetrazole rings is 1. The molecule has 0 saturated heterocycles. The van der Waals surface area contributed by atoms with Gasteiger partial charge in [-0.15, -0.1) is 10.2 Å². The maximum absolute atomic E-state index is 6.18. The van der Waals surface area contributed by atoms with Gasteiger partial charge >= 0.3 is 0 Å². The molecule has 0 aliphatic rings. The fourth-order valence-corrected chi connectivity index (χ4v) is 2.16. The summed E-state index contributed by atoms with van der Waals surface area (Å²) in [6, 6.07) is 13.0. The zero-order chi connectivity index (χ0) is 13.9. The van der Waals surface area contributed by atoms with Crippen LogP contribution in [0.1, 0.15) is 0 Å². The summed E-state index contributed by atoms with van der Waals surface area (Å²) in [4.78, 5) is 0. The molecule has 0 radical (unpaired) electrons. The number of nitrogens with zero attached hydrogens (tertiary/aromatic N) is 3. The molecule has 100 valence electrons. The van der Waals surface area contributed by atoms with Crippen LogP contribution < -0.4 is 5.32 Å². The van der Waals surface area contributed by atoms with Crippen molar-refractivity contribution < 1.29 is 0 Å². The molecule has 20 heavy (non-hydrogen) atoms. The van der Waals surface area contributed by atoms with Gasteiger partial charge in [0.25, 0.3) is 0 Å². The van der Waals surface area contributed by atoms with Crippen molar-refractivity contribution in [2.24, 2.45) is 0 Å². The third-order valence-electron chi connectivity index (χ3n) is 2.73. The first-order valence-corrected chi connectivity index (χ1v) is 6.55. The Labute approximate surface area is 124 Å². The van der Waals surface area contributed by atoms with E-state index < -0.39 is 0 Å². The molecule has 0 fully saturated rings. The van der Waals surface area contributed by atoms with Gasteiger partial charge in [-0.3, -0.25) is 0 Å². The Hall–Kier alpha value is -2.11. The molecule has 0 spiro atoms. The number of hydrogen-bond donors (Lipinski definition) is 2. The lowest BCUT2D eigenvalue weighted by molar-refractivity contribution is 0.881. The quantitative estimate of drug-likeness (QED) is 0.769. The molecular formula is C13H9Cl2N5. The van der Waals surface area contributed by atoms with Crippen LogP contribution in [0, 0.1) is 0 Å². The highest BCUT2D eigenvalue weighted by Crippen LogP contribution is 2.34. The van der Waals surface area contributed by atoms with Crippen molar-refractivity contribution in [3.63, 3.8) is 0 Å². The van der Waals surface area contributed by atoms with Gasteiger partial charge in [-0.1, -0.05) is 41.4 Å². The Bertz CT molecular complexity index is 727. The molecule has 0 unspecified atom stereocenters. The lowest BCUT2D eigenvalue weighted by Crippen LogP contribution is -1.95. The molecular weight excluding hydrogens is 297 g/mol. The minimum absolute atomic E-state index is 0.470. The zero-order valence-electron chi connectivity index (χ0n) is 10.1. The number of aromatic amines is 1. The van der Waals surface area contributed by atoms with Crippen molar-refractivity contribution in [1.29, 1.82) is 0 Å². The van der Waals surface area contributed by atoms with Gasteiger partial charge in [0.2, 0.25) is 5.82 Å². The van der Waals surface area contributed by atoms with Crippen molar-refractivity contribution in [1.82, 2.24) is 20.6 Å². The Balaban J connectivity index is 2.02. The van der Waals surface area contributed by atoms with Crippen LogP contribution >= 0.6 is 23.2 Å². The largest absolute Gasteiger partial charge is 0.354 e. The molecule has 3 aromatic rings. The number of H-pyrrole nitrogens is 1. The van der Waals surface area contributed by atoms with E-state index in [1.54, 1.807) is 6.07 Å². The lowest BCUT2D eigenvalue weighted by Gasteiger charge is -2.11. The standard InChI is InChI=1S/C13H9Cl2N5/c14-9-5-3-7-11(12(9)15)16-10-6-2-1-4-8(10)13-17-19-20-18-13/h1-7,16H,(H,17,18,19,20). The zero-order valence-corrected chi connectivity index (χ0v) is 11.7. The molecule has 1 heterocycles. The van der Waals surface area contributed by atoms with Crippen LogP contribution in [0.15, 0.2) is 42.5 Å². The predicted molar refractivity (Wildman–Crippen MR) is 79.4 cm³/mol. The van der Waals surface area contributed by atoms with Crippen LogP contribution in [0.5, 0.6) is 0 Å². The maximum Gasteiger partial charge on any atom is 0.206 e. The number of anilines is 2. The summed E-state index contributed by atoms with van der Waals surface area (Å²) in [6.07, 6.45) is 0. The van der Waals surface area contributed by atoms with Crippen LogP contribution in [0.4, 0.5) is 11.4 Å². The summed E-state index contributed by atoms with van der Waals surface area (Å²) in [5.74, 6) is 0.506. The molecule has 2 N–H and O–H groups in total. The first-order chi connectivity index (χ1) is 9.75. The van der Waals surface area contributed by atoms with Crippen molar-refractivity contribution >= 4 is 34.6 Å². The van der Waals surface area contributed by atoms with Crippen LogP contribution in [0.2, 0.25) is 10.0 Å². The van der Waals surface area contributed by atoms with Gasteiger partial charge in [-0.25, -0.2) is 0 Å². The number of halogens is 2. The van der Waals surface area contributed by atoms with Crippen LogP contribution in [-0.2, 0) is 0 Å². The molecule has 0 amide bonds. The van der Waals surface area contributed by atoms with Crippen molar-refractivity contribution in [2.45, 2.75) is 0 Å². The van der Waals surface area contributed by atoms with Gasteiger partial charge in [0.05, 0.1) is 15.7 Å². The molecule has 2 aromatic carbocycles. The highest BCUT2D eigenvalue weighted by atomic mass is 35.5. The van der Waals surface area contributed by atoms with Gasteiger partial charge in [-0.05, 0) is 29.5 Å². The van der Waals surface area contributed by atoms with E-state index in [1.165, 1.54) is 0 Å². The number of aromatic nitrogens is 4. The molecule has 0 atom stereocenters. The van der Waals surface area contributed by atoms with Crippen molar-refractivity contribution in [2.75, 3.05) is 5.32 Å². The van der Waals surface area contributed by atoms with Crippen molar-refractivity contribution in [3.8, 4) is 11.4 Å². The second kappa shape index (κ2) is 5.48. The van der Waals surface area contributed by atoms with Gasteiger partial charge in [-0.2, -0.15) is 5.21 Å². The van der Waals surface area contributed by atoms with E-state index in [0.29, 0.717) is 15.9 Å². The fourth-order valence-electron chi connectivity index (χ4n) is 1.81. The average Bonchev–Trinajstić information content (AvgIpc) is 2.98. The Morgan fingerprint density at radius 3 is 2.55 bits per heavy atom. The second-order valence-corrected chi connectivity index (χ2v) is 4.79. The van der Waals surface area contributed by atoms with E-state index in [0.717, 1.165) is 16.9 Å². The topological polar surface area (TPSA) is 66.5 Å². The Morgan fingerprint density at radius 2 is 1.75 bits per heavy atom. The first-order valence-electron chi connectivity index (χ1n) is 5.79. The molecule has 1 aromatic heterocycles. The van der Waals surface area contributed by atoms with E-state index in [9.17, 15) is 0 Å². The van der Waals surface area contributed by atoms with E-state index in [1.807, 2.05) is 36.4 Å². The van der Waals surface area contributed by atoms with Crippen LogP contribution in [-0.4, -0.2) is 20.6 Å². The first kappa shape index (κ1) is 12.9. The van der Waals surface area contributed by atoms with E-state index in [2.05, 4.69) is 25.9 Å². The monoisotopic (exact) mass is 305 g/mol. The van der Waals surface area contributed by atoms with Gasteiger partial charge in [0, 0.05) is 11.3 Å². The third-order valence-corrected chi connectivity index (χ3v) is 3.55. The molecule has 0 saturated carbocycles. The summed E-state index contributed by atoms with van der Waals surface area (Å²) < 4.78 is 0. The number of hydrogen-bond acceptors (Lipinski definition) is 4. The van der Waals surface area contributed by atoms with Gasteiger partial charge in [0.15, 0.2) is 0 Å². The summed E-state index contributed by atoms with van der Waals surface area (Å²) in [7, 11) is 0. The van der Waals surface area contributed by atoms with E-state index in [4.69, 9.17) is 23.2 Å². The van der Waals surface area contributed by atoms with E-state index in [-0.39, 0.29) is 0 Å². The Morgan fingerprint density at radius 1 is 0.950 bits per heavy atom. The minimum atomic E-state index is 0.470. The molecule has 5 nitrogen and oxygen atoms in total. The number of rotatable bonds is 3. The lowest BCUT2D eigenvalue weighted by atomic mass is 10.1. The van der Waals surface area contributed by atoms with Crippen LogP contribution in [0.3, 0.4) is 0 Å². The Kier molecular flexibility index (Phi) is 3.54. The van der Waals surface area contributed by atoms with Gasteiger partial charge < -0.3 is 5.32 Å². The fraction of sp³-hybridized carbons (Fsp3) is 0. The number of nitrogens with one attached hydrogen (secondary N) is 2. The molecule has 0 bridgehead atoms. The maximum atomic E-state index is 6.18. The van der Waals surface area contributed by atoms with Crippen molar-refractivity contribution in [3.05, 3.63) is 52.5 Å². The SMILES string of the molecule is Clc1cccc(Nc2ccccc2-c2nn[nH]n2)c1Cl. The normalized spacial score (nSPS) is 10.5. The molecule has 0 aliphatic carbocycles. The highest BCUT2D eigenvalue weighted by molar-refractivity contribution is 6.43. The summed E-state index contributed by atoms with van der Waals surface area (Å²) >= 11 is 12.2. The molecule has 3 rings (SSSR count).